The van der Waals surface area contributed by atoms with Crippen molar-refractivity contribution in [3.8, 4) is 12.3 Å². The number of fused-ring (bicyclic) bond motifs is 1. The van der Waals surface area contributed by atoms with E-state index in [-0.39, 0.29) is 16.7 Å². The summed E-state index contributed by atoms with van der Waals surface area (Å²) >= 11 is 0. The molecule has 0 bridgehead atoms. The molecule has 1 aromatic carbocycles. The van der Waals surface area contributed by atoms with Gasteiger partial charge in [0.05, 0.1) is 16.5 Å². The zero-order valence-electron chi connectivity index (χ0n) is 18.3. The number of nitrogens with one attached hydrogen (secondary N) is 1. The number of rotatable bonds is 4. The fourth-order valence-electron chi connectivity index (χ4n) is 4.01. The number of anilines is 1. The normalized spacial score (nSPS) is 15.9. The fraction of sp³-hybridized carbons (Fsp3) is 0.375. The van der Waals surface area contributed by atoms with Gasteiger partial charge in [-0.05, 0) is 57.7 Å². The molecule has 0 unspecified atom stereocenters. The molecule has 1 fully saturated rings. The van der Waals surface area contributed by atoms with Crippen LogP contribution in [0.4, 0.5) is 19.0 Å². The van der Waals surface area contributed by atoms with Crippen LogP contribution in [0.25, 0.3) is 10.9 Å². The molecule has 0 radical (unpaired) electrons. The Bertz CT molecular complexity index is 1330. The van der Waals surface area contributed by atoms with Gasteiger partial charge in [-0.25, -0.2) is 9.97 Å². The Labute approximate surface area is 183 Å². The van der Waals surface area contributed by atoms with E-state index in [4.69, 9.17) is 6.42 Å². The van der Waals surface area contributed by atoms with E-state index in [0.29, 0.717) is 33.7 Å². The molecule has 166 valence electrons. The molecule has 8 heteroatoms. The summed E-state index contributed by atoms with van der Waals surface area (Å²) in [5.41, 5.74) is 0.311. The van der Waals surface area contributed by atoms with E-state index in [1.165, 1.54) is 13.0 Å². The van der Waals surface area contributed by atoms with Gasteiger partial charge in [-0.3, -0.25) is 4.79 Å². The van der Waals surface area contributed by atoms with Crippen LogP contribution < -0.4 is 10.9 Å². The Hall–Kier alpha value is -3.34. The monoisotopic (exact) mass is 440 g/mol. The number of hydrogen-bond acceptors (Lipinski definition) is 4. The maximum atomic E-state index is 13.4. The van der Waals surface area contributed by atoms with Gasteiger partial charge in [-0.15, -0.1) is 6.42 Å². The van der Waals surface area contributed by atoms with E-state index in [9.17, 15) is 18.0 Å². The average molecular weight is 440 g/mol. The number of pyridine rings is 1. The van der Waals surface area contributed by atoms with Crippen molar-refractivity contribution in [1.82, 2.24) is 14.5 Å². The van der Waals surface area contributed by atoms with Crippen molar-refractivity contribution < 1.29 is 13.2 Å². The average Bonchev–Trinajstić information content (AvgIpc) is 3.46. The highest BCUT2D eigenvalue weighted by atomic mass is 19.4. The second kappa shape index (κ2) is 7.37. The summed E-state index contributed by atoms with van der Waals surface area (Å²) in [5.74, 6) is 3.35. The van der Waals surface area contributed by atoms with Gasteiger partial charge in [0, 0.05) is 17.3 Å². The summed E-state index contributed by atoms with van der Waals surface area (Å²) in [4.78, 5) is 21.8. The molecule has 2 aromatic heterocycles. The smallest absolute Gasteiger partial charge is 0.352 e. The maximum absolute atomic E-state index is 13.4. The van der Waals surface area contributed by atoms with Crippen molar-refractivity contribution in [3.63, 3.8) is 0 Å². The third-order valence-corrected chi connectivity index (χ3v) is 6.21. The van der Waals surface area contributed by atoms with Gasteiger partial charge in [-0.1, -0.05) is 18.1 Å². The molecule has 0 aliphatic heterocycles. The number of aryl methyl sites for hydroxylation is 2. The first kappa shape index (κ1) is 21.9. The van der Waals surface area contributed by atoms with Gasteiger partial charge < -0.3 is 9.88 Å². The molecule has 1 atom stereocenters. The minimum Gasteiger partial charge on any atom is -0.352 e. The van der Waals surface area contributed by atoms with Gasteiger partial charge in [-0.2, -0.15) is 13.2 Å². The molecule has 5 nitrogen and oxygen atoms in total. The molecule has 0 saturated heterocycles. The number of halogens is 3. The zero-order valence-corrected chi connectivity index (χ0v) is 18.3. The number of nitrogens with zero attached hydrogens (tertiary/aromatic N) is 3. The molecule has 0 amide bonds. The van der Waals surface area contributed by atoms with Crippen LogP contribution in [0.1, 0.15) is 53.9 Å². The molecular weight excluding hydrogens is 417 g/mol. The van der Waals surface area contributed by atoms with E-state index >= 15 is 0 Å². The van der Waals surface area contributed by atoms with Crippen molar-refractivity contribution in [3.05, 3.63) is 62.8 Å². The molecule has 1 aliphatic carbocycles. The van der Waals surface area contributed by atoms with Crippen LogP contribution in [0, 0.1) is 33.1 Å². The minimum absolute atomic E-state index is 0.0594. The molecular formula is C24H23F3N4O. The first-order valence-corrected chi connectivity index (χ1v) is 10.3. The Balaban J connectivity index is 1.86. The van der Waals surface area contributed by atoms with Gasteiger partial charge in [0.25, 0.3) is 5.56 Å². The Morgan fingerprint density at radius 3 is 2.47 bits per heavy atom. The summed E-state index contributed by atoms with van der Waals surface area (Å²) < 4.78 is 41.9. The number of aromatic nitrogens is 3. The molecule has 0 spiro atoms. The summed E-state index contributed by atoms with van der Waals surface area (Å²) in [6.45, 7) is 6.83. The molecule has 1 saturated carbocycles. The lowest BCUT2D eigenvalue weighted by Crippen LogP contribution is -2.30. The van der Waals surface area contributed by atoms with Crippen LogP contribution in [0.2, 0.25) is 0 Å². The van der Waals surface area contributed by atoms with E-state index in [1.807, 2.05) is 6.92 Å². The highest BCUT2D eigenvalue weighted by Crippen LogP contribution is 2.42. The van der Waals surface area contributed by atoms with E-state index in [0.717, 1.165) is 18.9 Å². The SMILES string of the molecule is C#C[C@@H](Nc1nc(C)nc2c(C)c(=O)n(C3(C)CC3)cc12)c1cccc(C(F)(F)F)c1C. The Morgan fingerprint density at radius 2 is 1.88 bits per heavy atom. The summed E-state index contributed by atoms with van der Waals surface area (Å²) in [5, 5.41) is 3.73. The van der Waals surface area contributed by atoms with Gasteiger partial charge >= 0.3 is 6.18 Å². The molecule has 1 N–H and O–H groups in total. The lowest BCUT2D eigenvalue weighted by Gasteiger charge is -2.21. The topological polar surface area (TPSA) is 59.8 Å². The second-order valence-electron chi connectivity index (χ2n) is 8.57. The zero-order chi connectivity index (χ0) is 23.4. The lowest BCUT2D eigenvalue weighted by atomic mass is 9.96. The van der Waals surface area contributed by atoms with Crippen LogP contribution >= 0.6 is 0 Å². The standard InChI is InChI=1S/C24H23F3N4O/c1-6-19(16-8-7-9-18(13(16)2)24(25,26)27)30-21-17-12-31(23(5)10-11-23)22(32)14(3)20(17)28-15(4)29-21/h1,7-9,12,19H,10-11H2,2-5H3,(H,28,29,30)/t19-/m1/s1. The van der Waals surface area contributed by atoms with Gasteiger partial charge in [0.2, 0.25) is 0 Å². The van der Waals surface area contributed by atoms with Crippen LogP contribution in [0.3, 0.4) is 0 Å². The second-order valence-corrected chi connectivity index (χ2v) is 8.57. The third-order valence-electron chi connectivity index (χ3n) is 6.21. The van der Waals surface area contributed by atoms with Crippen LogP contribution in [0.5, 0.6) is 0 Å². The lowest BCUT2D eigenvalue weighted by molar-refractivity contribution is -0.138. The molecule has 3 aromatic rings. The predicted molar refractivity (Wildman–Crippen MR) is 118 cm³/mol. The van der Waals surface area contributed by atoms with Crippen molar-refractivity contribution in [1.29, 1.82) is 0 Å². The summed E-state index contributed by atoms with van der Waals surface area (Å²) in [6, 6.07) is 3.10. The van der Waals surface area contributed by atoms with Crippen molar-refractivity contribution in [2.45, 2.75) is 58.3 Å². The van der Waals surface area contributed by atoms with Gasteiger partial charge in [0.15, 0.2) is 0 Å². The van der Waals surface area contributed by atoms with Crippen LogP contribution in [-0.4, -0.2) is 14.5 Å². The third kappa shape index (κ3) is 3.62. The van der Waals surface area contributed by atoms with Crippen molar-refractivity contribution >= 4 is 16.7 Å². The van der Waals surface area contributed by atoms with Gasteiger partial charge in [0.1, 0.15) is 17.7 Å². The van der Waals surface area contributed by atoms with Crippen molar-refractivity contribution in [2.75, 3.05) is 5.32 Å². The number of hydrogen-bond donors (Lipinski definition) is 1. The van der Waals surface area contributed by atoms with E-state index in [2.05, 4.69) is 21.2 Å². The van der Waals surface area contributed by atoms with E-state index < -0.39 is 17.8 Å². The highest BCUT2D eigenvalue weighted by molar-refractivity contribution is 5.90. The van der Waals surface area contributed by atoms with Crippen molar-refractivity contribution in [2.24, 2.45) is 0 Å². The summed E-state index contributed by atoms with van der Waals surface area (Å²) in [7, 11) is 0. The maximum Gasteiger partial charge on any atom is 0.416 e. The molecule has 32 heavy (non-hydrogen) atoms. The fourth-order valence-corrected chi connectivity index (χ4v) is 4.01. The van der Waals surface area contributed by atoms with Crippen LogP contribution in [-0.2, 0) is 11.7 Å². The summed E-state index contributed by atoms with van der Waals surface area (Å²) in [6.07, 6.45) is 4.77. The first-order valence-electron chi connectivity index (χ1n) is 10.3. The number of terminal acetylenes is 1. The first-order chi connectivity index (χ1) is 15.0. The number of alkyl halides is 3. The van der Waals surface area contributed by atoms with Crippen LogP contribution in [0.15, 0.2) is 29.2 Å². The number of benzene rings is 1. The Kier molecular flexibility index (Phi) is 5.04. The molecule has 1 aliphatic rings. The minimum atomic E-state index is -4.48. The Morgan fingerprint density at radius 1 is 1.19 bits per heavy atom. The van der Waals surface area contributed by atoms with E-state index in [1.54, 1.807) is 30.7 Å². The largest absolute Gasteiger partial charge is 0.416 e. The molecule has 4 rings (SSSR count). The quantitative estimate of drug-likeness (QED) is 0.578. The highest BCUT2D eigenvalue weighted by Gasteiger charge is 2.40. The molecule has 2 heterocycles. The predicted octanol–water partition coefficient (Wildman–Crippen LogP) is 5.03.